The van der Waals surface area contributed by atoms with Crippen LogP contribution in [0.5, 0.6) is 0 Å². The normalized spacial score (nSPS) is 29.5. The zero-order valence-electron chi connectivity index (χ0n) is 17.5. The Labute approximate surface area is 175 Å². The fourth-order valence-electron chi connectivity index (χ4n) is 5.43. The Morgan fingerprint density at radius 1 is 1.23 bits per heavy atom. The van der Waals surface area contributed by atoms with Crippen molar-refractivity contribution in [2.75, 3.05) is 11.9 Å². The number of benzene rings is 1. The number of hydrogen-bond acceptors (Lipinski definition) is 5. The Hall–Kier alpha value is -2.74. The maximum absolute atomic E-state index is 13.4. The van der Waals surface area contributed by atoms with Crippen molar-refractivity contribution in [2.45, 2.75) is 58.0 Å². The molecular formula is C22H27N3O5. The summed E-state index contributed by atoms with van der Waals surface area (Å²) in [6.45, 7) is 6.18. The number of nitrogens with zero attached hydrogens (tertiary/aromatic N) is 1. The van der Waals surface area contributed by atoms with E-state index >= 15 is 0 Å². The van der Waals surface area contributed by atoms with E-state index in [2.05, 4.69) is 5.32 Å². The number of carboxylic acids is 1. The molecule has 1 aromatic rings. The lowest BCUT2D eigenvalue weighted by Crippen LogP contribution is -2.99. The Balaban J connectivity index is 1.83. The zero-order valence-corrected chi connectivity index (χ0v) is 17.5. The summed E-state index contributed by atoms with van der Waals surface area (Å²) in [6, 6.07) is 3.30. The Kier molecular flexibility index (Phi) is 4.92. The second-order valence-corrected chi connectivity index (χ2v) is 8.68. The number of carbonyl (C=O) groups excluding carboxylic acids is 4. The number of carbonyl (C=O) groups is 4. The second kappa shape index (κ2) is 7.19. The molecule has 0 aliphatic carbocycles. The largest absolute Gasteiger partial charge is 0.550 e. The predicted molar refractivity (Wildman–Crippen MR) is 105 cm³/mol. The first-order chi connectivity index (χ1) is 14.2. The monoisotopic (exact) mass is 413 g/mol. The smallest absolute Gasteiger partial charge is 0.291 e. The lowest BCUT2D eigenvalue weighted by Gasteiger charge is -2.26. The molecule has 30 heavy (non-hydrogen) atoms. The number of fused-ring (bicyclic) bond motifs is 4. The van der Waals surface area contributed by atoms with Gasteiger partial charge in [-0.15, -0.1) is 0 Å². The van der Waals surface area contributed by atoms with E-state index in [1.54, 1.807) is 5.32 Å². The first kappa shape index (κ1) is 20.5. The van der Waals surface area contributed by atoms with Crippen molar-refractivity contribution >= 4 is 29.4 Å². The van der Waals surface area contributed by atoms with Crippen molar-refractivity contribution in [1.82, 2.24) is 4.90 Å². The highest BCUT2D eigenvalue weighted by Gasteiger charge is 2.74. The molecule has 1 spiro atoms. The number of likely N-dealkylation sites (tertiary alicyclic amines) is 1. The molecule has 0 aromatic heterocycles. The summed E-state index contributed by atoms with van der Waals surface area (Å²) < 4.78 is 0. The molecule has 4 rings (SSSR count). The van der Waals surface area contributed by atoms with Crippen LogP contribution in [0.4, 0.5) is 5.69 Å². The van der Waals surface area contributed by atoms with Crippen LogP contribution in [-0.4, -0.2) is 41.2 Å². The van der Waals surface area contributed by atoms with E-state index in [0.29, 0.717) is 24.2 Å². The first-order valence-corrected chi connectivity index (χ1v) is 10.6. The van der Waals surface area contributed by atoms with Crippen LogP contribution < -0.4 is 15.7 Å². The molecule has 0 unspecified atom stereocenters. The number of quaternary nitrogens is 1. The number of unbranched alkanes of at least 4 members (excludes halogenated alkanes) is 1. The second-order valence-electron chi connectivity index (χ2n) is 8.68. The number of nitrogens with two attached hydrogens (primary N) is 1. The Morgan fingerprint density at radius 3 is 2.63 bits per heavy atom. The van der Waals surface area contributed by atoms with Crippen LogP contribution in [0.25, 0.3) is 0 Å². The van der Waals surface area contributed by atoms with Gasteiger partial charge in [0.25, 0.3) is 5.91 Å². The van der Waals surface area contributed by atoms with Crippen LogP contribution in [-0.2, 0) is 24.7 Å². The maximum atomic E-state index is 13.4. The van der Waals surface area contributed by atoms with Gasteiger partial charge in [-0.2, -0.15) is 0 Å². The van der Waals surface area contributed by atoms with Gasteiger partial charge >= 0.3 is 0 Å². The highest BCUT2D eigenvalue weighted by atomic mass is 16.4. The quantitative estimate of drug-likeness (QED) is 0.599. The van der Waals surface area contributed by atoms with Gasteiger partial charge in [0.05, 0.1) is 5.69 Å². The van der Waals surface area contributed by atoms with Crippen LogP contribution in [0.1, 0.15) is 49.3 Å². The van der Waals surface area contributed by atoms with Crippen molar-refractivity contribution < 1.29 is 29.6 Å². The fraction of sp³-hybridized carbons (Fsp3) is 0.545. The minimum atomic E-state index is -1.25. The minimum absolute atomic E-state index is 0.166. The predicted octanol–water partition coefficient (Wildman–Crippen LogP) is -0.672. The lowest BCUT2D eigenvalue weighted by atomic mass is 9.76. The van der Waals surface area contributed by atoms with Gasteiger partial charge in [0.15, 0.2) is 0 Å². The van der Waals surface area contributed by atoms with Crippen LogP contribution in [0.2, 0.25) is 0 Å². The highest BCUT2D eigenvalue weighted by molar-refractivity contribution is 6.14. The number of anilines is 1. The molecule has 3 heterocycles. The maximum Gasteiger partial charge on any atom is 0.291 e. The zero-order chi connectivity index (χ0) is 21.8. The van der Waals surface area contributed by atoms with Crippen molar-refractivity contribution in [3.63, 3.8) is 0 Å². The number of hydrogen-bond donors (Lipinski definition) is 2. The third-order valence-electron chi connectivity index (χ3n) is 7.08. The molecule has 8 nitrogen and oxygen atoms in total. The molecule has 3 aliphatic rings. The minimum Gasteiger partial charge on any atom is -0.550 e. The average molecular weight is 413 g/mol. The summed E-state index contributed by atoms with van der Waals surface area (Å²) in [5, 5.41) is 15.8. The molecule has 0 bridgehead atoms. The Bertz CT molecular complexity index is 958. The number of carboxylic acid groups (broad SMARTS) is 1. The van der Waals surface area contributed by atoms with Crippen LogP contribution in [0.15, 0.2) is 12.1 Å². The van der Waals surface area contributed by atoms with Gasteiger partial charge in [0.2, 0.25) is 17.4 Å². The third-order valence-corrected chi connectivity index (χ3v) is 7.08. The number of amides is 3. The van der Waals surface area contributed by atoms with E-state index in [-0.39, 0.29) is 30.6 Å². The molecule has 0 radical (unpaired) electrons. The van der Waals surface area contributed by atoms with Gasteiger partial charge in [-0.25, -0.2) is 0 Å². The van der Waals surface area contributed by atoms with E-state index in [4.69, 9.17) is 0 Å². The SMILES string of the molecule is CCCCN1C(=O)[C@H]2[C@@H](C1=O)[C@@]1([NH2+][C@@H]2CCC(=O)[O-])C(=O)Nc2c1ccc(C)c2C. The van der Waals surface area contributed by atoms with Crippen LogP contribution in [0.3, 0.4) is 0 Å². The van der Waals surface area contributed by atoms with Gasteiger partial charge in [-0.05, 0) is 43.9 Å². The molecule has 3 N–H and O–H groups in total. The molecule has 8 heteroatoms. The number of rotatable bonds is 6. The van der Waals surface area contributed by atoms with E-state index in [1.165, 1.54) is 4.90 Å². The summed E-state index contributed by atoms with van der Waals surface area (Å²) in [6.07, 6.45) is 1.47. The molecule has 0 saturated carbocycles. The number of imide groups is 1. The molecule has 1 aromatic carbocycles. The summed E-state index contributed by atoms with van der Waals surface area (Å²) in [5.74, 6) is -3.69. The van der Waals surface area contributed by atoms with Crippen LogP contribution in [0, 0.1) is 25.7 Å². The highest BCUT2D eigenvalue weighted by Crippen LogP contribution is 2.50. The van der Waals surface area contributed by atoms with Crippen molar-refractivity contribution in [2.24, 2.45) is 11.8 Å². The van der Waals surface area contributed by atoms with Crippen LogP contribution >= 0.6 is 0 Å². The van der Waals surface area contributed by atoms with Gasteiger partial charge in [0.1, 0.15) is 17.9 Å². The third kappa shape index (κ3) is 2.70. The first-order valence-electron chi connectivity index (χ1n) is 10.6. The van der Waals surface area contributed by atoms with E-state index in [9.17, 15) is 24.3 Å². The lowest BCUT2D eigenvalue weighted by molar-refractivity contribution is -0.734. The van der Waals surface area contributed by atoms with Gasteiger partial charge < -0.3 is 20.5 Å². The Morgan fingerprint density at radius 2 is 1.97 bits per heavy atom. The fourth-order valence-corrected chi connectivity index (χ4v) is 5.43. The number of aliphatic carboxylic acids is 1. The molecule has 2 fully saturated rings. The number of aryl methyl sites for hydroxylation is 1. The van der Waals surface area contributed by atoms with Crippen molar-refractivity contribution in [3.05, 3.63) is 28.8 Å². The summed E-state index contributed by atoms with van der Waals surface area (Å²) in [7, 11) is 0. The molecule has 3 aliphatic heterocycles. The summed E-state index contributed by atoms with van der Waals surface area (Å²) >= 11 is 0. The summed E-state index contributed by atoms with van der Waals surface area (Å²) in [4.78, 5) is 52.4. The van der Waals surface area contributed by atoms with Gasteiger partial charge in [-0.1, -0.05) is 19.4 Å². The average Bonchev–Trinajstić information content (AvgIpc) is 3.27. The van der Waals surface area contributed by atoms with E-state index < -0.39 is 29.4 Å². The standard InChI is InChI=1S/C22H27N3O5/c1-4-5-10-25-19(28)16-14(8-9-15(26)27)24-22(17(16)20(25)29)13-7-6-11(2)12(3)18(13)23-21(22)30/h6-7,14,16-17,24H,4-5,8-10H2,1-3H3,(H,23,30)(H,26,27)/t14-,16-,17+,22-/m1/s1. The van der Waals surface area contributed by atoms with Crippen molar-refractivity contribution in [3.8, 4) is 0 Å². The molecular weight excluding hydrogens is 386 g/mol. The molecule has 3 amide bonds. The molecule has 2 saturated heterocycles. The molecule has 160 valence electrons. The van der Waals surface area contributed by atoms with E-state index in [0.717, 1.165) is 17.5 Å². The van der Waals surface area contributed by atoms with Crippen molar-refractivity contribution in [1.29, 1.82) is 0 Å². The molecule has 4 atom stereocenters. The van der Waals surface area contributed by atoms with Gasteiger partial charge in [0, 0.05) is 24.5 Å². The van der Waals surface area contributed by atoms with E-state index in [1.807, 2.05) is 32.9 Å². The topological polar surface area (TPSA) is 123 Å². The number of nitrogens with one attached hydrogen (secondary N) is 1. The summed E-state index contributed by atoms with van der Waals surface area (Å²) in [5.41, 5.74) is 2.11. The van der Waals surface area contributed by atoms with Gasteiger partial charge in [-0.3, -0.25) is 19.3 Å².